The molecule has 5 aromatic carbocycles. The molecule has 0 spiro atoms. The summed E-state index contributed by atoms with van der Waals surface area (Å²) in [4.78, 5) is 0. The second-order valence-electron chi connectivity index (χ2n) is 9.82. The molecule has 180 valence electrons. The van der Waals surface area contributed by atoms with Gasteiger partial charge in [0.05, 0.1) is 11.7 Å². The third-order valence-electron chi connectivity index (χ3n) is 7.31. The Kier molecular flexibility index (Phi) is 5.94. The summed E-state index contributed by atoms with van der Waals surface area (Å²) in [5.74, 6) is 0. The highest BCUT2D eigenvalue weighted by Crippen LogP contribution is 2.40. The van der Waals surface area contributed by atoms with Crippen LogP contribution in [0.4, 0.5) is 0 Å². The zero-order valence-corrected chi connectivity index (χ0v) is 22.4. The third-order valence-corrected chi connectivity index (χ3v) is 7.84. The maximum atomic E-state index is 4.78. The molecule has 0 aliphatic heterocycles. The fourth-order valence-corrected chi connectivity index (χ4v) is 5.95. The minimum atomic E-state index is 0.974. The smallest absolute Gasteiger partial charge is 0.113 e. The first kappa shape index (κ1) is 23.3. The summed E-state index contributed by atoms with van der Waals surface area (Å²) in [6.45, 7) is 8.76. The second kappa shape index (κ2) is 9.42. The first-order valence-electron chi connectivity index (χ1n) is 12.6. The van der Waals surface area contributed by atoms with Crippen molar-refractivity contribution in [3.63, 3.8) is 0 Å². The Balaban J connectivity index is 1.47. The summed E-state index contributed by atoms with van der Waals surface area (Å²) < 4.78 is 9.56. The molecule has 0 N–H and O–H groups in total. The highest BCUT2D eigenvalue weighted by molar-refractivity contribution is 7.00. The van der Waals surface area contributed by atoms with Crippen molar-refractivity contribution in [2.45, 2.75) is 27.7 Å². The molecule has 0 saturated carbocycles. The predicted molar refractivity (Wildman–Crippen MR) is 158 cm³/mol. The summed E-state index contributed by atoms with van der Waals surface area (Å²) in [6, 6.07) is 34.8. The molecule has 3 heteroatoms. The van der Waals surface area contributed by atoms with E-state index in [-0.39, 0.29) is 0 Å². The van der Waals surface area contributed by atoms with Gasteiger partial charge in [0.25, 0.3) is 0 Å². The van der Waals surface area contributed by atoms with Gasteiger partial charge in [-0.1, -0.05) is 97.1 Å². The molecular weight excluding hydrogens is 468 g/mol. The van der Waals surface area contributed by atoms with Crippen molar-refractivity contribution in [2.75, 3.05) is 0 Å². The van der Waals surface area contributed by atoms with Crippen LogP contribution in [-0.2, 0) is 0 Å². The van der Waals surface area contributed by atoms with Crippen LogP contribution in [0.5, 0.6) is 0 Å². The van der Waals surface area contributed by atoms with Gasteiger partial charge in [-0.15, -0.1) is 0 Å². The predicted octanol–water partition coefficient (Wildman–Crippen LogP) is 9.59. The topological polar surface area (TPSA) is 25.8 Å². The number of nitrogens with zero attached hydrogens (tertiary/aromatic N) is 2. The van der Waals surface area contributed by atoms with Crippen molar-refractivity contribution in [1.29, 1.82) is 0 Å². The standard InChI is InChI=1S/C34H28N2S/c1-21-19-31(23(3)17-29(21)25-11-7-5-8-12-25)27-15-16-28(34-33(27)35-37-36-34)32-20-22(2)30(18-24(32)4)26-13-9-6-10-14-26/h5-20H,1-4H3. The number of aryl methyl sites for hydroxylation is 4. The van der Waals surface area contributed by atoms with Crippen molar-refractivity contribution in [1.82, 2.24) is 8.75 Å². The van der Waals surface area contributed by atoms with Crippen LogP contribution in [0.2, 0.25) is 0 Å². The fourth-order valence-electron chi connectivity index (χ4n) is 5.37. The van der Waals surface area contributed by atoms with E-state index < -0.39 is 0 Å². The molecule has 6 rings (SSSR count). The van der Waals surface area contributed by atoms with E-state index in [4.69, 9.17) is 8.75 Å². The van der Waals surface area contributed by atoms with Crippen molar-refractivity contribution < 1.29 is 0 Å². The Hall–Kier alpha value is -4.08. The van der Waals surface area contributed by atoms with Gasteiger partial charge in [-0.2, -0.15) is 8.75 Å². The van der Waals surface area contributed by atoms with Crippen LogP contribution in [0.1, 0.15) is 22.3 Å². The van der Waals surface area contributed by atoms with Crippen LogP contribution in [0.25, 0.3) is 55.5 Å². The number of hydrogen-bond donors (Lipinski definition) is 0. The average molecular weight is 497 g/mol. The van der Waals surface area contributed by atoms with Crippen LogP contribution in [-0.4, -0.2) is 8.75 Å². The Morgan fingerprint density at radius 2 is 0.757 bits per heavy atom. The normalized spacial score (nSPS) is 11.2. The molecule has 2 nitrogen and oxygen atoms in total. The van der Waals surface area contributed by atoms with Gasteiger partial charge in [0.1, 0.15) is 11.0 Å². The summed E-state index contributed by atoms with van der Waals surface area (Å²) in [7, 11) is 0. The van der Waals surface area contributed by atoms with Gasteiger partial charge < -0.3 is 0 Å². The molecule has 0 fully saturated rings. The van der Waals surface area contributed by atoms with Gasteiger partial charge >= 0.3 is 0 Å². The highest BCUT2D eigenvalue weighted by Gasteiger charge is 2.18. The van der Waals surface area contributed by atoms with E-state index in [0.29, 0.717) is 0 Å². The molecule has 0 aliphatic carbocycles. The fraction of sp³-hybridized carbons (Fsp3) is 0.118. The van der Waals surface area contributed by atoms with Crippen LogP contribution in [0.15, 0.2) is 97.1 Å². The van der Waals surface area contributed by atoms with Crippen molar-refractivity contribution in [3.8, 4) is 44.5 Å². The quantitative estimate of drug-likeness (QED) is 0.243. The number of hydrogen-bond acceptors (Lipinski definition) is 3. The molecule has 37 heavy (non-hydrogen) atoms. The summed E-state index contributed by atoms with van der Waals surface area (Å²) in [5, 5.41) is 0. The minimum Gasteiger partial charge on any atom is -0.172 e. The molecule has 0 radical (unpaired) electrons. The lowest BCUT2D eigenvalue weighted by Gasteiger charge is -2.16. The monoisotopic (exact) mass is 496 g/mol. The zero-order valence-electron chi connectivity index (χ0n) is 21.5. The van der Waals surface area contributed by atoms with Crippen molar-refractivity contribution in [2.24, 2.45) is 0 Å². The first-order chi connectivity index (χ1) is 18.0. The lowest BCUT2D eigenvalue weighted by atomic mass is 9.88. The Morgan fingerprint density at radius 3 is 1.16 bits per heavy atom. The molecule has 0 bridgehead atoms. The van der Waals surface area contributed by atoms with Gasteiger partial charge in [0, 0.05) is 11.1 Å². The van der Waals surface area contributed by atoms with E-state index in [1.165, 1.54) is 67.4 Å². The summed E-state index contributed by atoms with van der Waals surface area (Å²) >= 11 is 1.29. The Labute approximate surface area is 222 Å². The van der Waals surface area contributed by atoms with E-state index in [1.54, 1.807) is 0 Å². The molecule has 0 atom stereocenters. The number of benzene rings is 5. The van der Waals surface area contributed by atoms with Crippen molar-refractivity contribution in [3.05, 3.63) is 119 Å². The molecule has 0 amide bonds. The SMILES string of the molecule is Cc1cc(-c2ccc(-c3cc(C)c(-c4ccccc4)cc3C)c3nsnc23)c(C)cc1-c1ccccc1. The van der Waals surface area contributed by atoms with Gasteiger partial charge in [-0.25, -0.2) is 0 Å². The van der Waals surface area contributed by atoms with Gasteiger partial charge in [0.15, 0.2) is 0 Å². The minimum absolute atomic E-state index is 0.974. The molecule has 0 unspecified atom stereocenters. The lowest BCUT2D eigenvalue weighted by molar-refractivity contribution is 1.38. The van der Waals surface area contributed by atoms with Crippen molar-refractivity contribution >= 4 is 22.8 Å². The maximum absolute atomic E-state index is 4.78. The molecule has 1 aromatic heterocycles. The molecular formula is C34H28N2S. The van der Waals surface area contributed by atoms with Crippen LogP contribution in [0, 0.1) is 27.7 Å². The molecule has 1 heterocycles. The number of fused-ring (bicyclic) bond motifs is 1. The van der Waals surface area contributed by atoms with Gasteiger partial charge in [0.2, 0.25) is 0 Å². The third kappa shape index (κ3) is 4.16. The Morgan fingerprint density at radius 1 is 0.405 bits per heavy atom. The number of aromatic nitrogens is 2. The van der Waals surface area contributed by atoms with E-state index in [1.807, 2.05) is 0 Å². The molecule has 6 aromatic rings. The zero-order chi connectivity index (χ0) is 25.5. The molecule has 0 saturated heterocycles. The maximum Gasteiger partial charge on any atom is 0.113 e. The van der Waals surface area contributed by atoms with Crippen LogP contribution < -0.4 is 0 Å². The van der Waals surface area contributed by atoms with Crippen LogP contribution >= 0.6 is 11.7 Å². The summed E-state index contributed by atoms with van der Waals surface area (Å²) in [5.41, 5.74) is 16.7. The van der Waals surface area contributed by atoms with E-state index >= 15 is 0 Å². The highest BCUT2D eigenvalue weighted by atomic mass is 32.1. The second-order valence-corrected chi connectivity index (χ2v) is 10.3. The van der Waals surface area contributed by atoms with Gasteiger partial charge in [-0.3, -0.25) is 0 Å². The first-order valence-corrected chi connectivity index (χ1v) is 13.3. The average Bonchev–Trinajstić information content (AvgIpc) is 3.42. The van der Waals surface area contributed by atoms with Crippen LogP contribution in [0.3, 0.4) is 0 Å². The van der Waals surface area contributed by atoms with E-state index in [0.717, 1.165) is 22.2 Å². The van der Waals surface area contributed by atoms with Gasteiger partial charge in [-0.05, 0) is 83.3 Å². The molecule has 0 aliphatic rings. The van der Waals surface area contributed by atoms with E-state index in [9.17, 15) is 0 Å². The van der Waals surface area contributed by atoms with E-state index in [2.05, 4.69) is 125 Å². The largest absolute Gasteiger partial charge is 0.172 e. The number of rotatable bonds is 4. The summed E-state index contributed by atoms with van der Waals surface area (Å²) in [6.07, 6.45) is 0. The Bertz CT molecular complexity index is 1620. The lowest BCUT2D eigenvalue weighted by Crippen LogP contribution is -1.94.